The first kappa shape index (κ1) is 15.7. The third-order valence-corrected chi connectivity index (χ3v) is 3.09. The van der Waals surface area contributed by atoms with Crippen LogP contribution in [0.1, 0.15) is 12.8 Å². The van der Waals surface area contributed by atoms with Crippen LogP contribution in [-0.4, -0.2) is 19.6 Å². The number of hydrogen-bond donors (Lipinski definition) is 2. The van der Waals surface area contributed by atoms with E-state index in [2.05, 4.69) is 5.32 Å². The summed E-state index contributed by atoms with van der Waals surface area (Å²) in [5.74, 6) is 1.40. The van der Waals surface area contributed by atoms with E-state index in [0.29, 0.717) is 30.8 Å². The highest BCUT2D eigenvalue weighted by molar-refractivity contribution is 5.93. The van der Waals surface area contributed by atoms with Crippen molar-refractivity contribution in [2.45, 2.75) is 12.8 Å². The molecule has 0 fully saturated rings. The van der Waals surface area contributed by atoms with Crippen LogP contribution in [0.4, 0.5) is 11.4 Å². The lowest BCUT2D eigenvalue weighted by atomic mass is 10.2. The van der Waals surface area contributed by atoms with Crippen LogP contribution in [-0.2, 0) is 4.79 Å². The maximum atomic E-state index is 11.8. The van der Waals surface area contributed by atoms with E-state index >= 15 is 0 Å². The molecular formula is C17H20N2O3. The van der Waals surface area contributed by atoms with Crippen molar-refractivity contribution in [1.29, 1.82) is 0 Å². The summed E-state index contributed by atoms with van der Waals surface area (Å²) in [4.78, 5) is 11.8. The molecule has 0 bridgehead atoms. The second-order valence-corrected chi connectivity index (χ2v) is 4.77. The van der Waals surface area contributed by atoms with E-state index in [1.807, 2.05) is 36.4 Å². The number of nitrogens with two attached hydrogens (primary N) is 1. The van der Waals surface area contributed by atoms with Crippen molar-refractivity contribution in [2.24, 2.45) is 0 Å². The molecule has 1 amide bonds. The SMILES string of the molecule is COc1cccc(OCCCC(=O)Nc2ccccc2N)c1. The summed E-state index contributed by atoms with van der Waals surface area (Å²) in [5.41, 5.74) is 6.97. The van der Waals surface area contributed by atoms with Crippen LogP contribution in [0, 0.1) is 0 Å². The number of carbonyl (C=O) groups is 1. The van der Waals surface area contributed by atoms with Crippen LogP contribution in [0.3, 0.4) is 0 Å². The lowest BCUT2D eigenvalue weighted by Gasteiger charge is -2.09. The molecule has 0 aliphatic rings. The molecule has 0 radical (unpaired) electrons. The van der Waals surface area contributed by atoms with Gasteiger partial charge >= 0.3 is 0 Å². The van der Waals surface area contributed by atoms with Crippen molar-refractivity contribution in [1.82, 2.24) is 0 Å². The smallest absolute Gasteiger partial charge is 0.224 e. The Balaban J connectivity index is 1.72. The van der Waals surface area contributed by atoms with Gasteiger partial charge in [0.2, 0.25) is 5.91 Å². The minimum Gasteiger partial charge on any atom is -0.497 e. The van der Waals surface area contributed by atoms with E-state index in [4.69, 9.17) is 15.2 Å². The first-order chi connectivity index (χ1) is 10.7. The summed E-state index contributed by atoms with van der Waals surface area (Å²) < 4.78 is 10.7. The van der Waals surface area contributed by atoms with Crippen LogP contribution < -0.4 is 20.5 Å². The summed E-state index contributed by atoms with van der Waals surface area (Å²) in [6.07, 6.45) is 0.994. The van der Waals surface area contributed by atoms with E-state index in [9.17, 15) is 4.79 Å². The van der Waals surface area contributed by atoms with Gasteiger partial charge in [-0.05, 0) is 30.7 Å². The number of benzene rings is 2. The Morgan fingerprint density at radius 1 is 1.14 bits per heavy atom. The lowest BCUT2D eigenvalue weighted by molar-refractivity contribution is -0.116. The molecule has 2 aromatic carbocycles. The topological polar surface area (TPSA) is 73.6 Å². The number of anilines is 2. The molecule has 0 aliphatic carbocycles. The largest absolute Gasteiger partial charge is 0.497 e. The highest BCUT2D eigenvalue weighted by Crippen LogP contribution is 2.19. The van der Waals surface area contributed by atoms with Crippen LogP contribution in [0.2, 0.25) is 0 Å². The molecule has 2 aromatic rings. The number of para-hydroxylation sites is 2. The van der Waals surface area contributed by atoms with E-state index in [1.54, 1.807) is 19.2 Å². The number of ether oxygens (including phenoxy) is 2. The number of rotatable bonds is 7. The average Bonchev–Trinajstić information content (AvgIpc) is 2.54. The Kier molecular flexibility index (Phi) is 5.65. The molecule has 0 aliphatic heterocycles. The number of nitrogens with one attached hydrogen (secondary N) is 1. The highest BCUT2D eigenvalue weighted by atomic mass is 16.5. The maximum Gasteiger partial charge on any atom is 0.224 e. The van der Waals surface area contributed by atoms with Gasteiger partial charge in [0.25, 0.3) is 0 Å². The molecule has 22 heavy (non-hydrogen) atoms. The fourth-order valence-corrected chi connectivity index (χ4v) is 1.94. The zero-order chi connectivity index (χ0) is 15.8. The molecule has 0 saturated carbocycles. The lowest BCUT2D eigenvalue weighted by Crippen LogP contribution is -2.13. The molecular weight excluding hydrogens is 280 g/mol. The average molecular weight is 300 g/mol. The summed E-state index contributed by atoms with van der Waals surface area (Å²) in [6.45, 7) is 0.463. The Bertz CT molecular complexity index is 629. The molecule has 0 aromatic heterocycles. The third kappa shape index (κ3) is 4.70. The van der Waals surface area contributed by atoms with Gasteiger partial charge in [-0.15, -0.1) is 0 Å². The van der Waals surface area contributed by atoms with Gasteiger partial charge in [0.05, 0.1) is 25.1 Å². The Morgan fingerprint density at radius 3 is 2.68 bits per heavy atom. The van der Waals surface area contributed by atoms with E-state index in [0.717, 1.165) is 11.5 Å². The molecule has 5 nitrogen and oxygen atoms in total. The van der Waals surface area contributed by atoms with Crippen molar-refractivity contribution in [3.05, 3.63) is 48.5 Å². The van der Waals surface area contributed by atoms with Gasteiger partial charge in [-0.25, -0.2) is 0 Å². The summed E-state index contributed by atoms with van der Waals surface area (Å²) in [6, 6.07) is 14.6. The molecule has 0 saturated heterocycles. The van der Waals surface area contributed by atoms with Crippen molar-refractivity contribution in [3.8, 4) is 11.5 Å². The van der Waals surface area contributed by atoms with Crippen molar-refractivity contribution in [2.75, 3.05) is 24.8 Å². The van der Waals surface area contributed by atoms with Gasteiger partial charge in [-0.2, -0.15) is 0 Å². The Hall–Kier alpha value is -2.69. The monoisotopic (exact) mass is 300 g/mol. The first-order valence-electron chi connectivity index (χ1n) is 7.10. The second kappa shape index (κ2) is 7.93. The zero-order valence-electron chi connectivity index (χ0n) is 12.5. The van der Waals surface area contributed by atoms with E-state index in [1.165, 1.54) is 0 Å². The molecule has 3 N–H and O–H groups in total. The molecule has 2 rings (SSSR count). The normalized spacial score (nSPS) is 10.0. The van der Waals surface area contributed by atoms with Gasteiger partial charge < -0.3 is 20.5 Å². The van der Waals surface area contributed by atoms with Crippen molar-refractivity contribution < 1.29 is 14.3 Å². The van der Waals surface area contributed by atoms with Gasteiger partial charge in [0.15, 0.2) is 0 Å². The third-order valence-electron chi connectivity index (χ3n) is 3.09. The standard InChI is InChI=1S/C17H20N2O3/c1-21-13-6-4-7-14(12-13)22-11-5-10-17(20)19-16-9-3-2-8-15(16)18/h2-4,6-9,12H,5,10-11,18H2,1H3,(H,19,20). The summed E-state index contributed by atoms with van der Waals surface area (Å²) in [7, 11) is 1.61. The highest BCUT2D eigenvalue weighted by Gasteiger charge is 2.05. The molecule has 116 valence electrons. The quantitative estimate of drug-likeness (QED) is 0.609. The molecule has 0 spiro atoms. The number of amides is 1. The van der Waals surface area contributed by atoms with Crippen molar-refractivity contribution >= 4 is 17.3 Å². The van der Waals surface area contributed by atoms with Gasteiger partial charge in [-0.1, -0.05) is 18.2 Å². The second-order valence-electron chi connectivity index (χ2n) is 4.77. The zero-order valence-corrected chi connectivity index (χ0v) is 12.5. The minimum absolute atomic E-state index is 0.0767. The number of hydrogen-bond acceptors (Lipinski definition) is 4. The van der Waals surface area contributed by atoms with E-state index in [-0.39, 0.29) is 5.91 Å². The van der Waals surface area contributed by atoms with Crippen LogP contribution in [0.5, 0.6) is 11.5 Å². The predicted molar refractivity (Wildman–Crippen MR) is 87.2 cm³/mol. The van der Waals surface area contributed by atoms with Crippen LogP contribution in [0.25, 0.3) is 0 Å². The Morgan fingerprint density at radius 2 is 1.91 bits per heavy atom. The maximum absolute atomic E-state index is 11.8. The van der Waals surface area contributed by atoms with Crippen LogP contribution >= 0.6 is 0 Å². The summed E-state index contributed by atoms with van der Waals surface area (Å²) >= 11 is 0. The minimum atomic E-state index is -0.0767. The number of methoxy groups -OCH3 is 1. The van der Waals surface area contributed by atoms with Crippen LogP contribution in [0.15, 0.2) is 48.5 Å². The van der Waals surface area contributed by atoms with Crippen molar-refractivity contribution in [3.63, 3.8) is 0 Å². The number of carbonyl (C=O) groups excluding carboxylic acids is 1. The fraction of sp³-hybridized carbons (Fsp3) is 0.235. The number of nitrogen functional groups attached to an aromatic ring is 1. The Labute approximate surface area is 130 Å². The van der Waals surface area contributed by atoms with Gasteiger partial charge in [-0.3, -0.25) is 4.79 Å². The molecule has 0 atom stereocenters. The first-order valence-corrected chi connectivity index (χ1v) is 7.10. The van der Waals surface area contributed by atoms with Gasteiger partial charge in [0, 0.05) is 12.5 Å². The van der Waals surface area contributed by atoms with E-state index < -0.39 is 0 Å². The van der Waals surface area contributed by atoms with Gasteiger partial charge in [0.1, 0.15) is 11.5 Å². The molecule has 5 heteroatoms. The molecule has 0 heterocycles. The molecule has 0 unspecified atom stereocenters. The fourth-order valence-electron chi connectivity index (χ4n) is 1.94. The predicted octanol–water partition coefficient (Wildman–Crippen LogP) is 3.08. The summed E-state index contributed by atoms with van der Waals surface area (Å²) in [5, 5.41) is 2.79.